The zero-order valence-corrected chi connectivity index (χ0v) is 12.9. The fourth-order valence-electron chi connectivity index (χ4n) is 1.99. The highest BCUT2D eigenvalue weighted by molar-refractivity contribution is 7.13. The lowest BCUT2D eigenvalue weighted by Crippen LogP contribution is -2.37. The average Bonchev–Trinajstić information content (AvgIpc) is 3.25. The van der Waals surface area contributed by atoms with Gasteiger partial charge in [-0.3, -0.25) is 9.59 Å². The van der Waals surface area contributed by atoms with Gasteiger partial charge >= 0.3 is 0 Å². The van der Waals surface area contributed by atoms with Crippen molar-refractivity contribution in [2.45, 2.75) is 12.8 Å². The standard InChI is InChI=1S/C16H17N3O2S/c20-14(17-8-11-6-7-11)9-18-15(21)13-10-22-16(19-13)12-4-2-1-3-5-12/h1-5,10-11H,6-9H2,(H,17,20)(H,18,21). The summed E-state index contributed by atoms with van der Waals surface area (Å²) in [5, 5.41) is 7.92. The van der Waals surface area contributed by atoms with Crippen molar-refractivity contribution >= 4 is 23.2 Å². The molecular formula is C16H17N3O2S. The Kier molecular flexibility index (Phi) is 4.48. The first kappa shape index (κ1) is 14.7. The lowest BCUT2D eigenvalue weighted by molar-refractivity contribution is -0.120. The number of benzene rings is 1. The minimum absolute atomic E-state index is 0.0102. The van der Waals surface area contributed by atoms with Crippen LogP contribution in [-0.4, -0.2) is 29.9 Å². The van der Waals surface area contributed by atoms with Gasteiger partial charge in [-0.25, -0.2) is 4.98 Å². The SMILES string of the molecule is O=C(CNC(=O)c1csc(-c2ccccc2)n1)NCC1CC1. The van der Waals surface area contributed by atoms with E-state index in [9.17, 15) is 9.59 Å². The molecule has 1 heterocycles. The van der Waals surface area contributed by atoms with Gasteiger partial charge in [0.05, 0.1) is 6.54 Å². The van der Waals surface area contributed by atoms with Crippen molar-refractivity contribution in [2.24, 2.45) is 5.92 Å². The van der Waals surface area contributed by atoms with Gasteiger partial charge in [-0.1, -0.05) is 30.3 Å². The molecule has 2 N–H and O–H groups in total. The van der Waals surface area contributed by atoms with Crippen LogP contribution in [0.25, 0.3) is 10.6 Å². The molecule has 2 aromatic rings. The molecule has 1 aliphatic rings. The minimum atomic E-state index is -0.319. The second-order valence-corrected chi connectivity index (χ2v) is 6.19. The first-order chi connectivity index (χ1) is 10.7. The van der Waals surface area contributed by atoms with Crippen LogP contribution in [0, 0.1) is 5.92 Å². The highest BCUT2D eigenvalue weighted by Crippen LogP contribution is 2.27. The summed E-state index contributed by atoms with van der Waals surface area (Å²) >= 11 is 1.42. The van der Waals surface area contributed by atoms with Gasteiger partial charge in [0.15, 0.2) is 0 Å². The molecule has 3 rings (SSSR count). The molecule has 114 valence electrons. The maximum atomic E-state index is 12.0. The van der Waals surface area contributed by atoms with E-state index >= 15 is 0 Å². The Morgan fingerprint density at radius 1 is 1.18 bits per heavy atom. The summed E-state index contributed by atoms with van der Waals surface area (Å²) in [5.74, 6) is 0.158. The van der Waals surface area contributed by atoms with Gasteiger partial charge in [0, 0.05) is 17.5 Å². The van der Waals surface area contributed by atoms with Crippen LogP contribution in [0.2, 0.25) is 0 Å². The predicted octanol–water partition coefficient (Wildman–Crippen LogP) is 2.07. The Labute approximate surface area is 132 Å². The van der Waals surface area contributed by atoms with Crippen LogP contribution >= 0.6 is 11.3 Å². The fraction of sp³-hybridized carbons (Fsp3) is 0.312. The van der Waals surface area contributed by atoms with Crippen LogP contribution < -0.4 is 10.6 Å². The molecular weight excluding hydrogens is 298 g/mol. The fourth-order valence-corrected chi connectivity index (χ4v) is 2.79. The molecule has 6 heteroatoms. The van der Waals surface area contributed by atoms with Gasteiger partial charge < -0.3 is 10.6 Å². The summed E-state index contributed by atoms with van der Waals surface area (Å²) < 4.78 is 0. The molecule has 0 saturated heterocycles. The summed E-state index contributed by atoms with van der Waals surface area (Å²) in [6.45, 7) is 0.702. The summed E-state index contributed by atoms with van der Waals surface area (Å²) in [6.07, 6.45) is 2.38. The minimum Gasteiger partial charge on any atom is -0.354 e. The van der Waals surface area contributed by atoms with Crippen LogP contribution in [0.1, 0.15) is 23.3 Å². The third-order valence-electron chi connectivity index (χ3n) is 3.45. The molecule has 5 nitrogen and oxygen atoms in total. The van der Waals surface area contributed by atoms with Crippen LogP contribution in [0.3, 0.4) is 0 Å². The lowest BCUT2D eigenvalue weighted by atomic mass is 10.2. The Morgan fingerprint density at radius 2 is 1.95 bits per heavy atom. The van der Waals surface area contributed by atoms with Crippen LogP contribution in [-0.2, 0) is 4.79 Å². The molecule has 1 fully saturated rings. The molecule has 0 unspecified atom stereocenters. The zero-order chi connectivity index (χ0) is 15.4. The number of carbonyl (C=O) groups excluding carboxylic acids is 2. The first-order valence-electron chi connectivity index (χ1n) is 7.28. The van der Waals surface area contributed by atoms with Gasteiger partial charge in [-0.05, 0) is 18.8 Å². The summed E-state index contributed by atoms with van der Waals surface area (Å²) in [5.41, 5.74) is 1.33. The highest BCUT2D eigenvalue weighted by atomic mass is 32.1. The summed E-state index contributed by atoms with van der Waals surface area (Å²) in [6, 6.07) is 9.70. The lowest BCUT2D eigenvalue weighted by Gasteiger charge is -2.04. The van der Waals surface area contributed by atoms with Gasteiger partial charge in [-0.2, -0.15) is 0 Å². The van der Waals surface area contributed by atoms with Crippen molar-refractivity contribution < 1.29 is 9.59 Å². The number of amides is 2. The number of thiazole rings is 1. The van der Waals surface area contributed by atoms with Crippen molar-refractivity contribution in [3.63, 3.8) is 0 Å². The van der Waals surface area contributed by atoms with Gasteiger partial charge in [0.2, 0.25) is 5.91 Å². The summed E-state index contributed by atoms with van der Waals surface area (Å²) in [7, 11) is 0. The van der Waals surface area contributed by atoms with Crippen LogP contribution in [0.5, 0.6) is 0 Å². The maximum Gasteiger partial charge on any atom is 0.271 e. The number of hydrogen-bond acceptors (Lipinski definition) is 4. The third kappa shape index (κ3) is 3.92. The largest absolute Gasteiger partial charge is 0.354 e. The van der Waals surface area contributed by atoms with Crippen molar-refractivity contribution in [3.05, 3.63) is 41.4 Å². The van der Waals surface area contributed by atoms with Crippen molar-refractivity contribution in [1.29, 1.82) is 0 Å². The molecule has 2 amide bonds. The third-order valence-corrected chi connectivity index (χ3v) is 4.34. The van der Waals surface area contributed by atoms with E-state index in [1.54, 1.807) is 5.38 Å². The number of nitrogens with zero attached hydrogens (tertiary/aromatic N) is 1. The second-order valence-electron chi connectivity index (χ2n) is 5.33. The molecule has 0 radical (unpaired) electrons. The molecule has 1 aromatic heterocycles. The highest BCUT2D eigenvalue weighted by Gasteiger charge is 2.21. The van der Waals surface area contributed by atoms with Crippen LogP contribution in [0.15, 0.2) is 35.7 Å². The molecule has 0 aliphatic heterocycles. The summed E-state index contributed by atoms with van der Waals surface area (Å²) in [4.78, 5) is 27.9. The van der Waals surface area contributed by atoms with E-state index in [0.29, 0.717) is 18.2 Å². The van der Waals surface area contributed by atoms with Crippen molar-refractivity contribution in [2.75, 3.05) is 13.1 Å². The molecule has 1 saturated carbocycles. The van der Waals surface area contributed by atoms with Crippen molar-refractivity contribution in [3.8, 4) is 10.6 Å². The van der Waals surface area contributed by atoms with Crippen molar-refractivity contribution in [1.82, 2.24) is 15.6 Å². The van der Waals surface area contributed by atoms with E-state index < -0.39 is 0 Å². The Morgan fingerprint density at radius 3 is 2.68 bits per heavy atom. The number of carbonyl (C=O) groups is 2. The topological polar surface area (TPSA) is 71.1 Å². The normalized spacial score (nSPS) is 13.6. The Balaban J connectivity index is 1.51. The van der Waals surface area contributed by atoms with E-state index in [-0.39, 0.29) is 18.4 Å². The smallest absolute Gasteiger partial charge is 0.271 e. The van der Waals surface area contributed by atoms with Gasteiger partial charge in [0.25, 0.3) is 5.91 Å². The molecule has 0 atom stereocenters. The Bertz CT molecular complexity index is 665. The molecule has 1 aromatic carbocycles. The molecule has 0 spiro atoms. The monoisotopic (exact) mass is 315 g/mol. The predicted molar refractivity (Wildman–Crippen MR) is 85.6 cm³/mol. The van der Waals surface area contributed by atoms with Gasteiger partial charge in [-0.15, -0.1) is 11.3 Å². The van der Waals surface area contributed by atoms with Gasteiger partial charge in [0.1, 0.15) is 10.7 Å². The van der Waals surface area contributed by atoms with E-state index in [4.69, 9.17) is 0 Å². The average molecular weight is 315 g/mol. The Hall–Kier alpha value is -2.21. The van der Waals surface area contributed by atoms with E-state index in [0.717, 1.165) is 10.6 Å². The van der Waals surface area contributed by atoms with E-state index in [1.165, 1.54) is 24.2 Å². The van der Waals surface area contributed by atoms with Crippen LogP contribution in [0.4, 0.5) is 0 Å². The maximum absolute atomic E-state index is 12.0. The molecule has 22 heavy (non-hydrogen) atoms. The first-order valence-corrected chi connectivity index (χ1v) is 8.16. The zero-order valence-electron chi connectivity index (χ0n) is 12.0. The number of nitrogens with one attached hydrogen (secondary N) is 2. The number of aromatic nitrogens is 1. The van der Waals surface area contributed by atoms with E-state index in [2.05, 4.69) is 15.6 Å². The molecule has 0 bridgehead atoms. The second kappa shape index (κ2) is 6.70. The van der Waals surface area contributed by atoms with E-state index in [1.807, 2.05) is 30.3 Å². The quantitative estimate of drug-likeness (QED) is 0.857. The molecule has 1 aliphatic carbocycles. The number of hydrogen-bond donors (Lipinski definition) is 2. The number of rotatable bonds is 6.